The molecule has 2 aliphatic carbocycles. The van der Waals surface area contributed by atoms with Gasteiger partial charge in [0.05, 0.1) is 0 Å². The molecule has 0 radical (unpaired) electrons. The molecule has 0 aromatic rings. The van der Waals surface area contributed by atoms with E-state index in [0.717, 1.165) is 38.3 Å². The lowest BCUT2D eigenvalue weighted by molar-refractivity contribution is -0.117. The van der Waals surface area contributed by atoms with Crippen molar-refractivity contribution in [2.75, 3.05) is 27.2 Å². The molecule has 4 heteroatoms. The van der Waals surface area contributed by atoms with Gasteiger partial charge < -0.3 is 14.6 Å². The normalized spacial score (nSPS) is 35.5. The SMILES string of the molecule is CN(C)C(=O)N1C[C@@H]2CC(C=O)(CC3CCCCC3)C[C@@H]2C1. The Bertz CT molecular complexity index is 415. The van der Waals surface area contributed by atoms with Crippen molar-refractivity contribution in [1.29, 1.82) is 0 Å². The molecule has 3 aliphatic rings. The number of carbonyl (C=O) groups is 2. The summed E-state index contributed by atoms with van der Waals surface area (Å²) in [5.41, 5.74) is -0.0788. The van der Waals surface area contributed by atoms with Gasteiger partial charge in [-0.3, -0.25) is 0 Å². The lowest BCUT2D eigenvalue weighted by Gasteiger charge is -2.32. The number of aldehydes is 1. The molecule has 0 spiro atoms. The second-order valence-electron chi connectivity index (χ2n) is 8.20. The molecule has 0 N–H and O–H groups in total. The molecule has 1 heterocycles. The van der Waals surface area contributed by atoms with E-state index in [0.29, 0.717) is 11.8 Å². The van der Waals surface area contributed by atoms with E-state index in [1.54, 1.807) is 4.90 Å². The summed E-state index contributed by atoms with van der Waals surface area (Å²) in [4.78, 5) is 27.6. The number of nitrogens with zero attached hydrogens (tertiary/aromatic N) is 2. The molecule has 3 rings (SSSR count). The largest absolute Gasteiger partial charge is 0.331 e. The number of rotatable bonds is 3. The van der Waals surface area contributed by atoms with Crippen LogP contribution in [0.4, 0.5) is 4.79 Å². The first-order valence-electron chi connectivity index (χ1n) is 8.95. The molecule has 0 aromatic carbocycles. The summed E-state index contributed by atoms with van der Waals surface area (Å²) in [6, 6.07) is 0.124. The third-order valence-electron chi connectivity index (χ3n) is 6.24. The van der Waals surface area contributed by atoms with Gasteiger partial charge in [-0.1, -0.05) is 32.1 Å². The van der Waals surface area contributed by atoms with E-state index in [1.807, 2.05) is 19.0 Å². The van der Waals surface area contributed by atoms with Crippen molar-refractivity contribution in [3.05, 3.63) is 0 Å². The van der Waals surface area contributed by atoms with Gasteiger partial charge in [0, 0.05) is 32.6 Å². The standard InChI is InChI=1S/C18H30N2O2/c1-19(2)17(22)20-11-15-9-18(13-21,10-16(15)12-20)8-14-6-4-3-5-7-14/h13-16H,3-12H2,1-2H3/t15-,16+,18?. The van der Waals surface area contributed by atoms with E-state index in [2.05, 4.69) is 0 Å². The summed E-state index contributed by atoms with van der Waals surface area (Å²) >= 11 is 0. The molecule has 2 amide bonds. The van der Waals surface area contributed by atoms with Gasteiger partial charge in [-0.15, -0.1) is 0 Å². The zero-order chi connectivity index (χ0) is 15.7. The minimum atomic E-state index is -0.0788. The highest BCUT2D eigenvalue weighted by Gasteiger charge is 2.50. The first-order valence-corrected chi connectivity index (χ1v) is 8.95. The van der Waals surface area contributed by atoms with Crippen LogP contribution in [0.1, 0.15) is 51.4 Å². The number of fused-ring (bicyclic) bond motifs is 1. The first kappa shape index (κ1) is 15.8. The molecule has 124 valence electrons. The number of hydrogen-bond acceptors (Lipinski definition) is 2. The Morgan fingerprint density at radius 2 is 1.73 bits per heavy atom. The molecule has 1 saturated heterocycles. The average Bonchev–Trinajstić information content (AvgIpc) is 3.03. The third kappa shape index (κ3) is 3.02. The van der Waals surface area contributed by atoms with Gasteiger partial charge >= 0.3 is 6.03 Å². The summed E-state index contributed by atoms with van der Waals surface area (Å²) in [5.74, 6) is 1.84. The number of amides is 2. The zero-order valence-corrected chi connectivity index (χ0v) is 14.1. The van der Waals surface area contributed by atoms with Gasteiger partial charge in [-0.25, -0.2) is 4.79 Å². The molecule has 3 atom stereocenters. The fourth-order valence-electron chi connectivity index (χ4n) is 5.25. The fraction of sp³-hybridized carbons (Fsp3) is 0.889. The Morgan fingerprint density at radius 1 is 1.14 bits per heavy atom. The molecule has 1 aliphatic heterocycles. The van der Waals surface area contributed by atoms with E-state index in [1.165, 1.54) is 38.4 Å². The highest BCUT2D eigenvalue weighted by molar-refractivity contribution is 5.74. The lowest BCUT2D eigenvalue weighted by atomic mass is 9.73. The first-order chi connectivity index (χ1) is 10.5. The minimum absolute atomic E-state index is 0.0788. The molecule has 4 nitrogen and oxygen atoms in total. The molecule has 3 fully saturated rings. The Morgan fingerprint density at radius 3 is 2.23 bits per heavy atom. The summed E-state index contributed by atoms with van der Waals surface area (Å²) in [5, 5.41) is 0. The van der Waals surface area contributed by atoms with Gasteiger partial charge in [0.1, 0.15) is 6.29 Å². The summed E-state index contributed by atoms with van der Waals surface area (Å²) in [6.45, 7) is 1.70. The Kier molecular flexibility index (Phi) is 4.47. The fourth-order valence-corrected chi connectivity index (χ4v) is 5.25. The van der Waals surface area contributed by atoms with E-state index >= 15 is 0 Å². The van der Waals surface area contributed by atoms with E-state index in [4.69, 9.17) is 0 Å². The van der Waals surface area contributed by atoms with Crippen LogP contribution in [0.2, 0.25) is 0 Å². The summed E-state index contributed by atoms with van der Waals surface area (Å²) < 4.78 is 0. The second kappa shape index (κ2) is 6.21. The Labute approximate surface area is 134 Å². The van der Waals surface area contributed by atoms with Gasteiger partial charge in [-0.05, 0) is 37.0 Å². The van der Waals surface area contributed by atoms with E-state index < -0.39 is 0 Å². The predicted molar refractivity (Wildman–Crippen MR) is 86.6 cm³/mol. The maximum Gasteiger partial charge on any atom is 0.319 e. The van der Waals surface area contributed by atoms with Crippen molar-refractivity contribution in [3.63, 3.8) is 0 Å². The van der Waals surface area contributed by atoms with Crippen molar-refractivity contribution < 1.29 is 9.59 Å². The highest BCUT2D eigenvalue weighted by atomic mass is 16.2. The second-order valence-corrected chi connectivity index (χ2v) is 8.20. The summed E-state index contributed by atoms with van der Waals surface area (Å²) in [7, 11) is 3.63. The number of urea groups is 1. The Hall–Kier alpha value is -1.06. The molecule has 22 heavy (non-hydrogen) atoms. The monoisotopic (exact) mass is 306 g/mol. The van der Waals surface area contributed by atoms with Crippen LogP contribution >= 0.6 is 0 Å². The third-order valence-corrected chi connectivity index (χ3v) is 6.24. The molecule has 2 saturated carbocycles. The average molecular weight is 306 g/mol. The van der Waals surface area contributed by atoms with Crippen LogP contribution in [0.5, 0.6) is 0 Å². The van der Waals surface area contributed by atoms with Crippen LogP contribution in [0.3, 0.4) is 0 Å². The highest BCUT2D eigenvalue weighted by Crippen LogP contribution is 2.52. The van der Waals surface area contributed by atoms with E-state index in [-0.39, 0.29) is 11.4 Å². The predicted octanol–water partition coefficient (Wildman–Crippen LogP) is 3.17. The zero-order valence-electron chi connectivity index (χ0n) is 14.1. The van der Waals surface area contributed by atoms with Gasteiger partial charge in [-0.2, -0.15) is 0 Å². The number of hydrogen-bond donors (Lipinski definition) is 0. The van der Waals surface area contributed by atoms with E-state index in [9.17, 15) is 9.59 Å². The maximum atomic E-state index is 12.1. The van der Waals surface area contributed by atoms with Crippen LogP contribution < -0.4 is 0 Å². The Balaban J connectivity index is 1.60. The van der Waals surface area contributed by atoms with Crippen LogP contribution in [-0.2, 0) is 4.79 Å². The molecular weight excluding hydrogens is 276 g/mol. The maximum absolute atomic E-state index is 12.1. The summed E-state index contributed by atoms with van der Waals surface area (Å²) in [6.07, 6.45) is 11.1. The van der Waals surface area contributed by atoms with Crippen LogP contribution in [0, 0.1) is 23.2 Å². The topological polar surface area (TPSA) is 40.6 Å². The minimum Gasteiger partial charge on any atom is -0.331 e. The lowest BCUT2D eigenvalue weighted by Crippen LogP contribution is -2.39. The number of likely N-dealkylation sites (tertiary alicyclic amines) is 1. The van der Waals surface area contributed by atoms with Crippen LogP contribution in [0.25, 0.3) is 0 Å². The smallest absolute Gasteiger partial charge is 0.319 e. The van der Waals surface area contributed by atoms with Crippen molar-refractivity contribution in [2.45, 2.75) is 51.4 Å². The molecule has 0 aromatic heterocycles. The van der Waals surface area contributed by atoms with Crippen LogP contribution in [-0.4, -0.2) is 49.3 Å². The molecule has 0 bridgehead atoms. The van der Waals surface area contributed by atoms with Gasteiger partial charge in [0.15, 0.2) is 0 Å². The molecular formula is C18H30N2O2. The van der Waals surface area contributed by atoms with Gasteiger partial charge in [0.25, 0.3) is 0 Å². The van der Waals surface area contributed by atoms with Crippen molar-refractivity contribution in [1.82, 2.24) is 9.80 Å². The molecule has 1 unspecified atom stereocenters. The number of carbonyl (C=O) groups excluding carboxylic acids is 2. The van der Waals surface area contributed by atoms with Crippen LogP contribution in [0.15, 0.2) is 0 Å². The van der Waals surface area contributed by atoms with Crippen molar-refractivity contribution in [2.24, 2.45) is 23.2 Å². The van der Waals surface area contributed by atoms with Gasteiger partial charge in [0.2, 0.25) is 0 Å². The van der Waals surface area contributed by atoms with Crippen molar-refractivity contribution in [3.8, 4) is 0 Å². The van der Waals surface area contributed by atoms with Crippen molar-refractivity contribution >= 4 is 12.3 Å². The quantitative estimate of drug-likeness (QED) is 0.751.